The van der Waals surface area contributed by atoms with E-state index in [2.05, 4.69) is 20.6 Å². The van der Waals surface area contributed by atoms with Gasteiger partial charge in [0, 0.05) is 18.6 Å². The average molecular weight is 383 g/mol. The van der Waals surface area contributed by atoms with E-state index in [-0.39, 0.29) is 11.6 Å². The molecule has 8 nitrogen and oxygen atoms in total. The number of hydrogen-bond donors (Lipinski definition) is 0. The van der Waals surface area contributed by atoms with Gasteiger partial charge in [0.15, 0.2) is 5.69 Å². The van der Waals surface area contributed by atoms with Crippen molar-refractivity contribution in [3.63, 3.8) is 0 Å². The summed E-state index contributed by atoms with van der Waals surface area (Å²) in [5, 5.41) is 16.2. The lowest BCUT2D eigenvalue weighted by Gasteiger charge is -2.15. The fourth-order valence-electron chi connectivity index (χ4n) is 2.74. The summed E-state index contributed by atoms with van der Waals surface area (Å²) < 4.78 is 6.28. The zero-order chi connectivity index (χ0) is 18.8. The molecule has 0 radical (unpaired) electrons. The van der Waals surface area contributed by atoms with E-state index in [1.54, 1.807) is 28.9 Å². The van der Waals surface area contributed by atoms with Gasteiger partial charge in [-0.05, 0) is 39.6 Å². The van der Waals surface area contributed by atoms with Gasteiger partial charge in [0.1, 0.15) is 11.0 Å². The Morgan fingerprint density at radius 1 is 1.19 bits per heavy atom. The monoisotopic (exact) mass is 382 g/mol. The van der Waals surface area contributed by atoms with E-state index in [0.717, 1.165) is 11.1 Å². The van der Waals surface area contributed by atoms with E-state index in [1.165, 1.54) is 0 Å². The van der Waals surface area contributed by atoms with Gasteiger partial charge in [-0.2, -0.15) is 0 Å². The van der Waals surface area contributed by atoms with Crippen LogP contribution in [0.5, 0.6) is 0 Å². The number of aromatic nitrogens is 5. The number of benzene rings is 2. The maximum atomic E-state index is 12.6. The molecule has 1 amide bonds. The third-order valence-electron chi connectivity index (χ3n) is 4.13. The van der Waals surface area contributed by atoms with Gasteiger partial charge in [-0.15, -0.1) is 5.10 Å². The Morgan fingerprint density at radius 3 is 2.85 bits per heavy atom. The first-order valence-corrected chi connectivity index (χ1v) is 8.58. The number of nitrogens with zero attached hydrogens (tertiary/aromatic N) is 6. The third kappa shape index (κ3) is 3.65. The summed E-state index contributed by atoms with van der Waals surface area (Å²) in [5.74, 6) is -0.223. The highest BCUT2D eigenvalue weighted by molar-refractivity contribution is 6.31. The van der Waals surface area contributed by atoms with Crippen LogP contribution >= 0.6 is 11.6 Å². The summed E-state index contributed by atoms with van der Waals surface area (Å²) >= 11 is 6.16. The quantitative estimate of drug-likeness (QED) is 0.527. The number of fused-ring (bicyclic) bond motifs is 1. The molecule has 0 atom stereocenters. The van der Waals surface area contributed by atoms with Gasteiger partial charge < -0.3 is 4.90 Å². The molecule has 0 spiro atoms. The molecular formula is C18H15ClN6O2. The molecular weight excluding hydrogens is 368 g/mol. The molecule has 0 bridgehead atoms. The molecule has 2 aromatic carbocycles. The van der Waals surface area contributed by atoms with Crippen molar-refractivity contribution < 1.29 is 9.42 Å². The molecule has 0 N–H and O–H groups in total. The van der Waals surface area contributed by atoms with E-state index in [4.69, 9.17) is 16.2 Å². The molecule has 0 saturated carbocycles. The highest BCUT2D eigenvalue weighted by Crippen LogP contribution is 2.16. The molecule has 9 heteroatoms. The third-order valence-corrected chi connectivity index (χ3v) is 4.50. The van der Waals surface area contributed by atoms with E-state index in [0.29, 0.717) is 29.1 Å². The van der Waals surface area contributed by atoms with Crippen LogP contribution in [0.2, 0.25) is 5.02 Å². The number of carbonyl (C=O) groups is 1. The fraction of sp³-hybridized carbons (Fsp3) is 0.167. The minimum atomic E-state index is -0.223. The lowest BCUT2D eigenvalue weighted by atomic mass is 10.2. The number of carbonyl (C=O) groups excluding carboxylic acids is 1. The second-order valence-corrected chi connectivity index (χ2v) is 6.55. The predicted molar refractivity (Wildman–Crippen MR) is 98.2 cm³/mol. The molecule has 0 aliphatic carbocycles. The van der Waals surface area contributed by atoms with Gasteiger partial charge in [-0.1, -0.05) is 41.1 Å². The molecule has 0 aliphatic heterocycles. The summed E-state index contributed by atoms with van der Waals surface area (Å²) in [6.07, 6.45) is 1.62. The smallest absolute Gasteiger partial charge is 0.276 e. The largest absolute Gasteiger partial charge is 0.336 e. The fourth-order valence-corrected chi connectivity index (χ4v) is 2.94. The molecule has 0 aliphatic rings. The van der Waals surface area contributed by atoms with Crippen molar-refractivity contribution in [1.29, 1.82) is 0 Å². The van der Waals surface area contributed by atoms with Crippen LogP contribution in [0.25, 0.3) is 11.0 Å². The summed E-state index contributed by atoms with van der Waals surface area (Å²) in [5.41, 5.74) is 3.42. The Bertz CT molecular complexity index is 1110. The van der Waals surface area contributed by atoms with Crippen LogP contribution in [0, 0.1) is 0 Å². The second kappa shape index (κ2) is 7.16. The molecule has 0 saturated heterocycles. The van der Waals surface area contributed by atoms with Crippen LogP contribution < -0.4 is 0 Å². The van der Waals surface area contributed by atoms with Crippen LogP contribution in [-0.4, -0.2) is 43.2 Å². The van der Waals surface area contributed by atoms with E-state index in [9.17, 15) is 4.79 Å². The zero-order valence-electron chi connectivity index (χ0n) is 14.4. The Kier molecular flexibility index (Phi) is 4.55. The number of rotatable bonds is 5. The van der Waals surface area contributed by atoms with Gasteiger partial charge in [0.25, 0.3) is 5.91 Å². The Labute approximate surface area is 159 Å². The topological polar surface area (TPSA) is 89.9 Å². The van der Waals surface area contributed by atoms with Gasteiger partial charge in [0.2, 0.25) is 0 Å². The van der Waals surface area contributed by atoms with Crippen molar-refractivity contribution >= 4 is 28.5 Å². The standard InChI is InChI=1S/C18H15ClN6O2/c1-24(9-12-6-7-15-16(8-12)22-27-21-15)18(26)17-11-25(23-20-17)10-13-4-2-3-5-14(13)19/h2-8,11H,9-10H2,1H3. The van der Waals surface area contributed by atoms with Gasteiger partial charge in [-0.3, -0.25) is 4.79 Å². The van der Waals surface area contributed by atoms with Crippen molar-refractivity contribution in [3.8, 4) is 0 Å². The SMILES string of the molecule is CN(Cc1ccc2nonc2c1)C(=O)c1cn(Cc2ccccc2Cl)nn1. The number of halogens is 1. The van der Waals surface area contributed by atoms with Crippen LogP contribution in [-0.2, 0) is 13.1 Å². The Morgan fingerprint density at radius 2 is 2.00 bits per heavy atom. The molecule has 0 fully saturated rings. The van der Waals surface area contributed by atoms with Crippen molar-refractivity contribution in [1.82, 2.24) is 30.2 Å². The highest BCUT2D eigenvalue weighted by Gasteiger charge is 2.17. The first kappa shape index (κ1) is 17.2. The second-order valence-electron chi connectivity index (χ2n) is 6.14. The Balaban J connectivity index is 1.45. The first-order valence-electron chi connectivity index (χ1n) is 8.20. The average Bonchev–Trinajstić information content (AvgIpc) is 3.32. The van der Waals surface area contributed by atoms with Crippen LogP contribution in [0.3, 0.4) is 0 Å². The van der Waals surface area contributed by atoms with Crippen LogP contribution in [0.15, 0.2) is 53.3 Å². The normalized spacial score (nSPS) is 11.0. The minimum absolute atomic E-state index is 0.223. The van der Waals surface area contributed by atoms with Crippen molar-refractivity contribution in [2.75, 3.05) is 7.05 Å². The predicted octanol–water partition coefficient (Wildman–Crippen LogP) is 2.79. The lowest BCUT2D eigenvalue weighted by Crippen LogP contribution is -2.26. The molecule has 0 unspecified atom stereocenters. The summed E-state index contributed by atoms with van der Waals surface area (Å²) in [6.45, 7) is 0.846. The van der Waals surface area contributed by atoms with E-state index in [1.807, 2.05) is 36.4 Å². The van der Waals surface area contributed by atoms with Crippen molar-refractivity contribution in [3.05, 3.63) is 70.5 Å². The minimum Gasteiger partial charge on any atom is -0.336 e. The molecule has 27 heavy (non-hydrogen) atoms. The number of hydrogen-bond acceptors (Lipinski definition) is 6. The van der Waals surface area contributed by atoms with Crippen molar-refractivity contribution in [2.24, 2.45) is 0 Å². The van der Waals surface area contributed by atoms with Gasteiger partial charge in [0.05, 0.1) is 12.7 Å². The molecule has 2 aromatic heterocycles. The summed E-state index contributed by atoms with van der Waals surface area (Å²) in [4.78, 5) is 14.2. The lowest BCUT2D eigenvalue weighted by molar-refractivity contribution is 0.0779. The molecule has 4 aromatic rings. The summed E-state index contributed by atoms with van der Waals surface area (Å²) in [6, 6.07) is 13.0. The molecule has 4 rings (SSSR count). The molecule has 136 valence electrons. The molecule has 2 heterocycles. The van der Waals surface area contributed by atoms with Gasteiger partial charge in [-0.25, -0.2) is 9.31 Å². The maximum absolute atomic E-state index is 12.6. The van der Waals surface area contributed by atoms with E-state index >= 15 is 0 Å². The highest BCUT2D eigenvalue weighted by atomic mass is 35.5. The number of amides is 1. The first-order chi connectivity index (χ1) is 13.1. The maximum Gasteiger partial charge on any atom is 0.276 e. The zero-order valence-corrected chi connectivity index (χ0v) is 15.2. The van der Waals surface area contributed by atoms with E-state index < -0.39 is 0 Å². The van der Waals surface area contributed by atoms with Gasteiger partial charge >= 0.3 is 0 Å². The van der Waals surface area contributed by atoms with Crippen LogP contribution in [0.1, 0.15) is 21.6 Å². The summed E-state index contributed by atoms with van der Waals surface area (Å²) in [7, 11) is 1.71. The van der Waals surface area contributed by atoms with Crippen molar-refractivity contribution in [2.45, 2.75) is 13.1 Å². The van der Waals surface area contributed by atoms with Crippen LogP contribution in [0.4, 0.5) is 0 Å². The Hall–Kier alpha value is -3.26.